The first-order valence-corrected chi connectivity index (χ1v) is 11.9. The Morgan fingerprint density at radius 1 is 1.38 bits per heavy atom. The highest BCUT2D eigenvalue weighted by molar-refractivity contribution is 7.80. The van der Waals surface area contributed by atoms with Gasteiger partial charge in [-0.1, -0.05) is 29.8 Å². The van der Waals surface area contributed by atoms with Crippen LogP contribution >= 0.6 is 35.2 Å². The minimum Gasteiger partial charge on any atom is -0.463 e. The van der Waals surface area contributed by atoms with Crippen molar-refractivity contribution in [3.8, 4) is 0 Å². The first-order valence-electron chi connectivity index (χ1n) is 10.3. The molecule has 0 bridgehead atoms. The van der Waals surface area contributed by atoms with Crippen molar-refractivity contribution in [3.63, 3.8) is 0 Å². The number of nitrogens with zero attached hydrogens (tertiary/aromatic N) is 1. The maximum absolute atomic E-state index is 12.8. The van der Waals surface area contributed by atoms with E-state index in [2.05, 4.69) is 10.6 Å². The Hall–Kier alpha value is -2.27. The number of benzene rings is 1. The zero-order valence-electron chi connectivity index (χ0n) is 17.1. The standard InChI is InChI=1S/C21H22ClN3O5S2/c22-17-13-5-1-2-6-15(13)32-18(17)20(28)24-21(31)25-8-7-23-19(27)14(25)10-16(26)30-11-12-4-3-9-29-12/h1-2,5-6,12,14H,3-4,7-11H2,(H,23,27)(H,24,28,31)/t12-,14-/m0/s1. The average molecular weight is 496 g/mol. The van der Waals surface area contributed by atoms with Crippen LogP contribution in [0.2, 0.25) is 5.02 Å². The van der Waals surface area contributed by atoms with E-state index < -0.39 is 17.9 Å². The highest BCUT2D eigenvalue weighted by atomic mass is 35.5. The summed E-state index contributed by atoms with van der Waals surface area (Å²) in [5, 5.41) is 6.60. The molecule has 170 valence electrons. The number of fused-ring (bicyclic) bond motifs is 1. The Kier molecular flexibility index (Phi) is 7.24. The molecule has 0 radical (unpaired) electrons. The highest BCUT2D eigenvalue weighted by Crippen LogP contribution is 2.35. The largest absolute Gasteiger partial charge is 0.463 e. The van der Waals surface area contributed by atoms with Crippen molar-refractivity contribution in [1.29, 1.82) is 0 Å². The molecule has 0 spiro atoms. The van der Waals surface area contributed by atoms with Crippen LogP contribution in [-0.4, -0.2) is 66.2 Å². The first-order chi connectivity index (χ1) is 15.4. The number of carbonyl (C=O) groups excluding carboxylic acids is 3. The molecule has 0 saturated carbocycles. The average Bonchev–Trinajstić information content (AvgIpc) is 3.42. The van der Waals surface area contributed by atoms with Gasteiger partial charge in [0.2, 0.25) is 5.91 Å². The van der Waals surface area contributed by atoms with Crippen molar-refractivity contribution in [2.24, 2.45) is 0 Å². The number of carbonyl (C=O) groups is 3. The van der Waals surface area contributed by atoms with Gasteiger partial charge in [-0.25, -0.2) is 0 Å². The van der Waals surface area contributed by atoms with Crippen molar-refractivity contribution in [1.82, 2.24) is 15.5 Å². The smallest absolute Gasteiger partial charge is 0.308 e. The number of thiocarbonyl (C=S) groups is 1. The van der Waals surface area contributed by atoms with E-state index in [1.54, 1.807) is 4.90 Å². The molecule has 8 nitrogen and oxygen atoms in total. The summed E-state index contributed by atoms with van der Waals surface area (Å²) in [5.74, 6) is -1.32. The molecule has 4 rings (SSSR count). The van der Waals surface area contributed by atoms with Crippen LogP contribution in [0.1, 0.15) is 28.9 Å². The summed E-state index contributed by atoms with van der Waals surface area (Å²) < 4.78 is 11.6. The molecule has 11 heteroatoms. The van der Waals surface area contributed by atoms with E-state index in [1.807, 2.05) is 24.3 Å². The number of esters is 1. The quantitative estimate of drug-likeness (QED) is 0.486. The fourth-order valence-corrected chi connectivity index (χ4v) is 5.45. The third kappa shape index (κ3) is 5.03. The number of hydrogen-bond acceptors (Lipinski definition) is 7. The van der Waals surface area contributed by atoms with Gasteiger partial charge in [0.05, 0.1) is 17.5 Å². The van der Waals surface area contributed by atoms with Crippen LogP contribution in [0, 0.1) is 0 Å². The third-order valence-electron chi connectivity index (χ3n) is 5.37. The lowest BCUT2D eigenvalue weighted by molar-refractivity contribution is -0.150. The van der Waals surface area contributed by atoms with Crippen LogP contribution in [0.5, 0.6) is 0 Å². The lowest BCUT2D eigenvalue weighted by Gasteiger charge is -2.36. The van der Waals surface area contributed by atoms with Crippen molar-refractivity contribution < 1.29 is 23.9 Å². The highest BCUT2D eigenvalue weighted by Gasteiger charge is 2.35. The molecule has 2 saturated heterocycles. The number of thiophene rings is 1. The fourth-order valence-electron chi connectivity index (χ4n) is 3.72. The maximum atomic E-state index is 12.8. The lowest BCUT2D eigenvalue weighted by Crippen LogP contribution is -2.60. The summed E-state index contributed by atoms with van der Waals surface area (Å²) in [5.41, 5.74) is 0. The minimum absolute atomic E-state index is 0.0651. The lowest BCUT2D eigenvalue weighted by atomic mass is 10.1. The maximum Gasteiger partial charge on any atom is 0.308 e. The number of rotatable bonds is 5. The molecule has 2 aromatic rings. The summed E-state index contributed by atoms with van der Waals surface area (Å²) in [7, 11) is 0. The summed E-state index contributed by atoms with van der Waals surface area (Å²) in [4.78, 5) is 39.5. The van der Waals surface area contributed by atoms with Crippen LogP contribution in [0.4, 0.5) is 0 Å². The van der Waals surface area contributed by atoms with E-state index in [1.165, 1.54) is 11.3 Å². The van der Waals surface area contributed by atoms with Gasteiger partial charge in [0.1, 0.15) is 17.5 Å². The molecule has 1 aromatic carbocycles. The fraction of sp³-hybridized carbons (Fsp3) is 0.429. The second-order valence-electron chi connectivity index (χ2n) is 7.52. The van der Waals surface area contributed by atoms with E-state index >= 15 is 0 Å². The number of halogens is 1. The van der Waals surface area contributed by atoms with Gasteiger partial charge in [-0.2, -0.15) is 0 Å². The molecule has 2 amide bonds. The SMILES string of the molecule is O=C(C[C@H]1C(=O)NCCN1C(=S)NC(=O)c1sc2ccccc2c1Cl)OC[C@@H]1CCCO1. The van der Waals surface area contributed by atoms with Crippen LogP contribution < -0.4 is 10.6 Å². The Morgan fingerprint density at radius 2 is 2.19 bits per heavy atom. The van der Waals surface area contributed by atoms with Crippen molar-refractivity contribution in [3.05, 3.63) is 34.2 Å². The van der Waals surface area contributed by atoms with Gasteiger partial charge in [-0.3, -0.25) is 19.7 Å². The van der Waals surface area contributed by atoms with Crippen LogP contribution in [0.15, 0.2) is 24.3 Å². The van der Waals surface area contributed by atoms with Gasteiger partial charge in [0, 0.05) is 29.8 Å². The predicted octanol–water partition coefficient (Wildman–Crippen LogP) is 2.48. The Bertz CT molecular complexity index is 1050. The van der Waals surface area contributed by atoms with E-state index in [0.29, 0.717) is 29.6 Å². The summed E-state index contributed by atoms with van der Waals surface area (Å²) in [6, 6.07) is 6.58. The number of ether oxygens (including phenoxy) is 2. The second kappa shape index (κ2) is 10.1. The van der Waals surface area contributed by atoms with Gasteiger partial charge < -0.3 is 19.7 Å². The molecule has 0 unspecified atom stereocenters. The monoisotopic (exact) mass is 495 g/mol. The van der Waals surface area contributed by atoms with Gasteiger partial charge >= 0.3 is 5.97 Å². The Labute approximate surface area is 199 Å². The Morgan fingerprint density at radius 3 is 2.94 bits per heavy atom. The number of hydrogen-bond donors (Lipinski definition) is 2. The first kappa shape index (κ1) is 22.9. The summed E-state index contributed by atoms with van der Waals surface area (Å²) in [6.07, 6.45) is 1.51. The van der Waals surface area contributed by atoms with E-state index in [0.717, 1.165) is 22.9 Å². The molecule has 1 aromatic heterocycles. The van der Waals surface area contributed by atoms with Gasteiger partial charge in [0.15, 0.2) is 5.11 Å². The third-order valence-corrected chi connectivity index (χ3v) is 7.38. The van der Waals surface area contributed by atoms with Crippen LogP contribution in [-0.2, 0) is 19.1 Å². The molecule has 2 fully saturated rings. The predicted molar refractivity (Wildman–Crippen MR) is 125 cm³/mol. The van der Waals surface area contributed by atoms with Gasteiger partial charge in [-0.15, -0.1) is 11.3 Å². The Balaban J connectivity index is 1.40. The minimum atomic E-state index is -0.869. The zero-order valence-corrected chi connectivity index (χ0v) is 19.5. The molecular formula is C21H22ClN3O5S2. The zero-order chi connectivity index (χ0) is 22.7. The molecular weight excluding hydrogens is 474 g/mol. The van der Waals surface area contributed by atoms with E-state index in [4.69, 9.17) is 33.3 Å². The number of piperazine rings is 1. The topological polar surface area (TPSA) is 97.0 Å². The molecule has 2 aliphatic heterocycles. The van der Waals surface area contributed by atoms with Gasteiger partial charge in [0.25, 0.3) is 5.91 Å². The summed E-state index contributed by atoms with van der Waals surface area (Å²) >= 11 is 13.1. The molecule has 32 heavy (non-hydrogen) atoms. The van der Waals surface area contributed by atoms with E-state index in [9.17, 15) is 14.4 Å². The number of nitrogens with one attached hydrogen (secondary N) is 2. The van der Waals surface area contributed by atoms with Crippen LogP contribution in [0.3, 0.4) is 0 Å². The normalized spacial score (nSPS) is 20.8. The van der Waals surface area contributed by atoms with Crippen molar-refractivity contribution in [2.75, 3.05) is 26.3 Å². The molecule has 2 aliphatic rings. The molecule has 2 N–H and O–H groups in total. The number of amides is 2. The molecule has 2 atom stereocenters. The van der Waals surface area contributed by atoms with Crippen LogP contribution in [0.25, 0.3) is 10.1 Å². The molecule has 3 heterocycles. The van der Waals surface area contributed by atoms with Gasteiger partial charge in [-0.05, 0) is 31.1 Å². The second-order valence-corrected chi connectivity index (χ2v) is 9.34. The molecule has 0 aliphatic carbocycles. The van der Waals surface area contributed by atoms with E-state index in [-0.39, 0.29) is 30.2 Å². The van der Waals surface area contributed by atoms with Crippen molar-refractivity contribution in [2.45, 2.75) is 31.4 Å². The summed E-state index contributed by atoms with van der Waals surface area (Å²) in [6.45, 7) is 1.53. The van der Waals surface area contributed by atoms with Crippen molar-refractivity contribution >= 4 is 68.1 Å².